The molecule has 1 aliphatic carbocycles. The van der Waals surface area contributed by atoms with Crippen LogP contribution in [-0.2, 0) is 94.0 Å². The maximum atomic E-state index is 15.4. The predicted molar refractivity (Wildman–Crippen MR) is 296 cm³/mol. The molecule has 1 aromatic carbocycles. The van der Waals surface area contributed by atoms with E-state index in [2.05, 4.69) is 20.9 Å². The maximum absolute atomic E-state index is 15.4. The van der Waals surface area contributed by atoms with E-state index in [1.54, 1.807) is 32.6 Å². The van der Waals surface area contributed by atoms with Gasteiger partial charge in [-0.15, -0.1) is 0 Å². The van der Waals surface area contributed by atoms with Crippen molar-refractivity contribution in [2.45, 2.75) is 103 Å². The first-order chi connectivity index (χ1) is 40.4. The Morgan fingerprint density at radius 1 is 0.774 bits per heavy atom. The van der Waals surface area contributed by atoms with E-state index in [0.29, 0.717) is 143 Å². The van der Waals surface area contributed by atoms with Gasteiger partial charge in [-0.2, -0.15) is 0 Å². The number of pyridine rings is 1. The van der Waals surface area contributed by atoms with E-state index in [-0.39, 0.29) is 89.0 Å². The molecule has 0 radical (unpaired) electrons. The Morgan fingerprint density at radius 2 is 1.33 bits per heavy atom. The van der Waals surface area contributed by atoms with Gasteiger partial charge in [0.1, 0.15) is 24.5 Å². The number of carbonyl (C=O) groups is 8. The topological polar surface area (TPSA) is 308 Å². The van der Waals surface area contributed by atoms with Crippen LogP contribution in [0.1, 0.15) is 93.8 Å². The van der Waals surface area contributed by atoms with Crippen molar-refractivity contribution in [3.8, 4) is 0 Å². The molecule has 0 saturated carbocycles. The van der Waals surface area contributed by atoms with Crippen LogP contribution >= 0.6 is 0 Å². The number of aliphatic imine (C=N–C) groups is 1. The van der Waals surface area contributed by atoms with Crippen LogP contribution in [-0.4, -0.2) is 216 Å². The van der Waals surface area contributed by atoms with Crippen LogP contribution in [0.15, 0.2) is 34.4 Å². The minimum absolute atomic E-state index is 0.00116. The van der Waals surface area contributed by atoms with Crippen molar-refractivity contribution >= 4 is 63.9 Å². The summed E-state index contributed by atoms with van der Waals surface area (Å²) in [7, 11) is 0. The lowest BCUT2D eigenvalue weighted by atomic mass is 9.78. The Balaban J connectivity index is 0.705. The van der Waals surface area contributed by atoms with Crippen LogP contribution in [0, 0.1) is 18.7 Å². The van der Waals surface area contributed by atoms with Crippen molar-refractivity contribution in [3.63, 3.8) is 0 Å². The lowest BCUT2D eigenvalue weighted by molar-refractivity contribution is -0.165. The second-order valence-corrected chi connectivity index (χ2v) is 20.9. The van der Waals surface area contributed by atoms with Crippen LogP contribution in [0.5, 0.6) is 0 Å². The summed E-state index contributed by atoms with van der Waals surface area (Å²) in [5.41, 5.74) is 2.10. The molecule has 4 aliphatic heterocycles. The standard InChI is InChI=1S/C58H78FN7O18/c1-6-58(75)41-31-45-53-39(33-66(45)56(73)40(41)34-84-57(58)74)51-43(8-7-38-36(4)42(59)32-44(62-53)50(38)51)63-54(71)37(5)61-55(72)52(35(2)3)64-47(68)12-15-76-17-19-78-21-23-80-25-27-82-29-30-83-28-26-81-24-22-79-20-18-77-16-13-60-46(67)11-14-65-48(69)9-10-49(65)70/h9-10,32,35,37,45,52,75H,6-8,11-31,33-34H2,1-5H3,(H,60,67)(H,61,72)(H,64,68)/t37-,45?,52?,58-/m0/s1. The Morgan fingerprint density at radius 3 is 1.89 bits per heavy atom. The van der Waals surface area contributed by atoms with Gasteiger partial charge in [0.2, 0.25) is 17.7 Å². The van der Waals surface area contributed by atoms with E-state index in [1.807, 2.05) is 0 Å². The van der Waals surface area contributed by atoms with Gasteiger partial charge in [0.25, 0.3) is 23.6 Å². The molecule has 5 heterocycles. The minimum atomic E-state index is -1.98. The van der Waals surface area contributed by atoms with Gasteiger partial charge in [0.15, 0.2) is 5.60 Å². The Bertz CT molecular complexity index is 2820. The van der Waals surface area contributed by atoms with Crippen molar-refractivity contribution in [1.29, 1.82) is 0 Å². The van der Waals surface area contributed by atoms with E-state index < -0.39 is 71.0 Å². The van der Waals surface area contributed by atoms with Gasteiger partial charge in [-0.1, -0.05) is 20.8 Å². The number of carbonyl (C=O) groups excluding carboxylic acids is 8. The number of hydrogen-bond donors (Lipinski definition) is 4. The van der Waals surface area contributed by atoms with Crippen molar-refractivity contribution < 1.29 is 90.5 Å². The monoisotopic (exact) mass is 1180 g/mol. The molecule has 0 bridgehead atoms. The number of cyclic esters (lactones) is 1. The highest BCUT2D eigenvalue weighted by atomic mass is 19.1. The summed E-state index contributed by atoms with van der Waals surface area (Å²) < 4.78 is 64.7. The molecule has 460 valence electrons. The van der Waals surface area contributed by atoms with E-state index in [9.17, 15) is 43.5 Å². The second kappa shape index (κ2) is 31.6. The summed E-state index contributed by atoms with van der Waals surface area (Å²) in [6, 6.07) is -1.42. The zero-order valence-corrected chi connectivity index (χ0v) is 48.5. The van der Waals surface area contributed by atoms with Crippen molar-refractivity contribution in [2.24, 2.45) is 10.9 Å². The summed E-state index contributed by atoms with van der Waals surface area (Å²) in [5.74, 6) is -4.77. The molecular weight excluding hydrogens is 1100 g/mol. The molecule has 84 heavy (non-hydrogen) atoms. The average Bonchev–Trinajstić information content (AvgIpc) is 1.51. The number of esters is 1. The fraction of sp³-hybridized carbons (Fsp3) is 0.621. The normalized spacial score (nSPS) is 19.3. The fourth-order valence-electron chi connectivity index (χ4n) is 10.3. The average molecular weight is 1180 g/mol. The van der Waals surface area contributed by atoms with Gasteiger partial charge < -0.3 is 68.6 Å². The Labute approximate surface area is 486 Å². The molecule has 4 atom stereocenters. The number of rotatable bonds is 36. The lowest BCUT2D eigenvalue weighted by Gasteiger charge is -2.41. The first-order valence-electron chi connectivity index (χ1n) is 28.7. The minimum Gasteiger partial charge on any atom is -0.458 e. The number of imide groups is 1. The van der Waals surface area contributed by atoms with E-state index in [0.717, 1.165) is 10.5 Å². The number of amides is 7. The highest BCUT2D eigenvalue weighted by molar-refractivity contribution is 6.18. The third-order valence-corrected chi connectivity index (χ3v) is 15.0. The molecule has 2 unspecified atom stereocenters. The number of halogens is 1. The molecule has 0 spiro atoms. The van der Waals surface area contributed by atoms with Crippen LogP contribution in [0.3, 0.4) is 0 Å². The van der Waals surface area contributed by atoms with Crippen LogP contribution in [0.4, 0.5) is 4.39 Å². The van der Waals surface area contributed by atoms with Gasteiger partial charge in [0.05, 0.1) is 134 Å². The lowest BCUT2D eigenvalue weighted by Crippen LogP contribution is -2.53. The van der Waals surface area contributed by atoms with E-state index >= 15 is 4.39 Å². The molecule has 4 N–H and O–H groups in total. The Hall–Kier alpha value is -6.49. The molecule has 0 fully saturated rings. The molecule has 7 amide bonds. The van der Waals surface area contributed by atoms with Crippen molar-refractivity contribution in [2.75, 3.05) is 125 Å². The Kier molecular flexibility index (Phi) is 24.5. The third kappa shape index (κ3) is 16.7. The van der Waals surface area contributed by atoms with Gasteiger partial charge in [-0.05, 0) is 62.1 Å². The number of benzene rings is 1. The molecule has 2 aromatic rings. The van der Waals surface area contributed by atoms with E-state index in [1.165, 1.54) is 25.1 Å². The maximum Gasteiger partial charge on any atom is 0.342 e. The number of nitrogens with one attached hydrogen (secondary N) is 3. The molecule has 26 heteroatoms. The number of nitrogens with zero attached hydrogens (tertiary/aromatic N) is 4. The number of fused-ring (bicyclic) bond motifs is 4. The number of ether oxygens (including phenoxy) is 9. The third-order valence-electron chi connectivity index (χ3n) is 15.0. The molecule has 0 saturated heterocycles. The van der Waals surface area contributed by atoms with E-state index in [4.69, 9.17) is 47.6 Å². The van der Waals surface area contributed by atoms with Crippen LogP contribution in [0.25, 0.3) is 10.9 Å². The van der Waals surface area contributed by atoms with Crippen molar-refractivity contribution in [3.05, 3.63) is 63.1 Å². The summed E-state index contributed by atoms with van der Waals surface area (Å²) in [5, 5.41) is 20.2. The quantitative estimate of drug-likeness (QED) is 0.0425. The summed E-state index contributed by atoms with van der Waals surface area (Å²) in [6.45, 7) is 14.0. The van der Waals surface area contributed by atoms with Gasteiger partial charge >= 0.3 is 5.97 Å². The smallest absolute Gasteiger partial charge is 0.342 e. The summed E-state index contributed by atoms with van der Waals surface area (Å²) in [6.07, 6.45) is 3.10. The van der Waals surface area contributed by atoms with Crippen LogP contribution < -0.4 is 16.0 Å². The summed E-state index contributed by atoms with van der Waals surface area (Å²) in [4.78, 5) is 114. The first-order valence-corrected chi connectivity index (χ1v) is 28.7. The molecule has 5 aliphatic rings. The molecule has 1 aromatic heterocycles. The van der Waals surface area contributed by atoms with Crippen LogP contribution in [0.2, 0.25) is 0 Å². The fourth-order valence-corrected chi connectivity index (χ4v) is 10.3. The molecular formula is C58H78FN7O18. The van der Waals surface area contributed by atoms with Gasteiger partial charge in [0, 0.05) is 67.2 Å². The number of hydrogen-bond acceptors (Lipinski definition) is 19. The predicted octanol–water partition coefficient (Wildman–Crippen LogP) is 1.33. The van der Waals surface area contributed by atoms with Crippen molar-refractivity contribution in [1.82, 2.24) is 30.7 Å². The second-order valence-electron chi connectivity index (χ2n) is 20.9. The highest BCUT2D eigenvalue weighted by Gasteiger charge is 2.53. The SMILES string of the molecule is CC[C@@]1(O)C(=O)OCC2=C1CC1c3nc4cc(F)c(C)c5c4c(c3CN1C2=O)C(=NC(=O)[C@H](C)NC(=O)C(NC(=O)CCOCCOCCOCCOCCOCCOCCOCCOCCNC(=O)CCN1C(=O)C=CC1=O)C(C)C)CC5. The molecule has 7 rings (SSSR count). The largest absolute Gasteiger partial charge is 0.458 e. The highest BCUT2D eigenvalue weighted by Crippen LogP contribution is 2.50. The number of aliphatic hydroxyl groups is 1. The first kappa shape index (κ1) is 65.1. The zero-order chi connectivity index (χ0) is 60.3. The molecule has 25 nitrogen and oxygen atoms in total. The van der Waals surface area contributed by atoms with Gasteiger partial charge in [-0.25, -0.2) is 14.2 Å². The number of aryl methyl sites for hydroxylation is 1. The zero-order valence-electron chi connectivity index (χ0n) is 48.5. The van der Waals surface area contributed by atoms with Gasteiger partial charge in [-0.3, -0.25) is 43.4 Å². The summed E-state index contributed by atoms with van der Waals surface area (Å²) >= 11 is 0. The number of aromatic nitrogens is 1.